The van der Waals surface area contributed by atoms with Crippen molar-refractivity contribution >= 4 is 34.5 Å². The van der Waals surface area contributed by atoms with Gasteiger partial charge in [0, 0.05) is 22.8 Å². The summed E-state index contributed by atoms with van der Waals surface area (Å²) in [6.07, 6.45) is 0. The number of nitrogens with zero attached hydrogens (tertiary/aromatic N) is 2. The van der Waals surface area contributed by atoms with E-state index in [1.165, 1.54) is 24.3 Å². The Hall–Kier alpha value is -3.13. The van der Waals surface area contributed by atoms with Gasteiger partial charge in [0.05, 0.1) is 9.85 Å². The van der Waals surface area contributed by atoms with Gasteiger partial charge in [-0.25, -0.2) is 0 Å². The van der Waals surface area contributed by atoms with Gasteiger partial charge in [0.25, 0.3) is 5.69 Å². The minimum absolute atomic E-state index is 0.00183. The minimum atomic E-state index is -0.993. The van der Waals surface area contributed by atoms with Gasteiger partial charge < -0.3 is 0 Å². The fourth-order valence-corrected chi connectivity index (χ4v) is 2.79. The molecule has 0 heterocycles. The van der Waals surface area contributed by atoms with E-state index in [2.05, 4.69) is 0 Å². The Kier molecular flexibility index (Phi) is 3.19. The van der Waals surface area contributed by atoms with Gasteiger partial charge in [0.2, 0.25) is 5.78 Å². The van der Waals surface area contributed by atoms with E-state index in [1.807, 2.05) is 0 Å². The molecule has 0 aromatic heterocycles. The fourth-order valence-electron chi connectivity index (χ4n) is 2.50. The molecule has 23 heavy (non-hydrogen) atoms. The topological polar surface area (TPSA) is 120 Å². The number of nitro groups is 2. The molecule has 114 valence electrons. The maximum absolute atomic E-state index is 12.5. The van der Waals surface area contributed by atoms with Crippen LogP contribution in [0.2, 0.25) is 5.02 Å². The average molecular weight is 333 g/mol. The second kappa shape index (κ2) is 4.96. The van der Waals surface area contributed by atoms with Gasteiger partial charge in [-0.15, -0.1) is 0 Å². The van der Waals surface area contributed by atoms with Crippen LogP contribution >= 0.6 is 11.6 Å². The first-order valence-corrected chi connectivity index (χ1v) is 6.56. The Labute approximate surface area is 132 Å². The van der Waals surface area contributed by atoms with Gasteiger partial charge in [-0.3, -0.25) is 29.8 Å². The van der Waals surface area contributed by atoms with Crippen LogP contribution < -0.4 is 0 Å². The Bertz CT molecular complexity index is 937. The molecule has 0 atom stereocenters. The summed E-state index contributed by atoms with van der Waals surface area (Å²) in [6, 6.07) is 6.57. The van der Waals surface area contributed by atoms with Crippen LogP contribution in [0.3, 0.4) is 0 Å². The van der Waals surface area contributed by atoms with Crippen LogP contribution in [0.1, 0.15) is 31.8 Å². The van der Waals surface area contributed by atoms with Crippen LogP contribution in [0, 0.1) is 20.2 Å². The number of nitro benzene ring substituents is 2. The number of fused-ring (bicyclic) bond motifs is 2. The number of hydrogen-bond donors (Lipinski definition) is 0. The number of ketones is 2. The number of carbonyl (C=O) groups excluding carboxylic acids is 2. The molecule has 0 saturated carbocycles. The first-order valence-electron chi connectivity index (χ1n) is 6.18. The highest BCUT2D eigenvalue weighted by Crippen LogP contribution is 2.42. The number of carbonyl (C=O) groups is 2. The van der Waals surface area contributed by atoms with E-state index >= 15 is 0 Å². The molecule has 2 aromatic rings. The van der Waals surface area contributed by atoms with E-state index in [0.717, 1.165) is 6.07 Å². The SMILES string of the molecule is O=C1c2ccccc2C(=O)c2c1cc([N+](=O)[O-])c(Cl)c2[N+](=O)[O-]. The lowest BCUT2D eigenvalue weighted by Crippen LogP contribution is -2.22. The van der Waals surface area contributed by atoms with Crippen molar-refractivity contribution < 1.29 is 19.4 Å². The van der Waals surface area contributed by atoms with E-state index < -0.39 is 48.9 Å². The molecule has 0 unspecified atom stereocenters. The van der Waals surface area contributed by atoms with Gasteiger partial charge in [-0.2, -0.15) is 0 Å². The molecule has 0 fully saturated rings. The Morgan fingerprint density at radius 3 is 1.96 bits per heavy atom. The van der Waals surface area contributed by atoms with E-state index in [9.17, 15) is 29.8 Å². The smallest absolute Gasteiger partial charge is 0.289 e. The molecule has 0 amide bonds. The summed E-state index contributed by atoms with van der Waals surface area (Å²) in [5.41, 5.74) is -2.60. The van der Waals surface area contributed by atoms with Gasteiger partial charge in [0.15, 0.2) is 10.8 Å². The molecule has 9 heteroatoms. The molecule has 0 radical (unpaired) electrons. The van der Waals surface area contributed by atoms with Gasteiger partial charge in [-0.1, -0.05) is 35.9 Å². The van der Waals surface area contributed by atoms with Gasteiger partial charge >= 0.3 is 5.69 Å². The summed E-state index contributed by atoms with van der Waals surface area (Å²) in [4.78, 5) is 45.4. The quantitative estimate of drug-likeness (QED) is 0.525. The molecule has 8 nitrogen and oxygen atoms in total. The van der Waals surface area contributed by atoms with Crippen LogP contribution in [0.4, 0.5) is 11.4 Å². The molecule has 2 aromatic carbocycles. The fraction of sp³-hybridized carbons (Fsp3) is 0. The minimum Gasteiger partial charge on any atom is -0.289 e. The zero-order valence-electron chi connectivity index (χ0n) is 11.1. The van der Waals surface area contributed by atoms with Crippen molar-refractivity contribution in [1.29, 1.82) is 0 Å². The van der Waals surface area contributed by atoms with Crippen molar-refractivity contribution in [2.45, 2.75) is 0 Å². The molecule has 0 saturated heterocycles. The molecule has 3 rings (SSSR count). The molecule has 0 N–H and O–H groups in total. The maximum Gasteiger partial charge on any atom is 0.306 e. The van der Waals surface area contributed by atoms with Crippen LogP contribution in [0.5, 0.6) is 0 Å². The summed E-state index contributed by atoms with van der Waals surface area (Å²) < 4.78 is 0. The molecule has 0 aliphatic heterocycles. The summed E-state index contributed by atoms with van der Waals surface area (Å²) in [6.45, 7) is 0. The van der Waals surface area contributed by atoms with Crippen LogP contribution in [-0.2, 0) is 0 Å². The zero-order valence-corrected chi connectivity index (χ0v) is 11.9. The third-order valence-corrected chi connectivity index (χ3v) is 3.86. The van der Waals surface area contributed by atoms with Gasteiger partial charge in [-0.05, 0) is 0 Å². The summed E-state index contributed by atoms with van der Waals surface area (Å²) in [5.74, 6) is -1.46. The Morgan fingerprint density at radius 2 is 1.43 bits per heavy atom. The van der Waals surface area contributed by atoms with Crippen molar-refractivity contribution in [2.75, 3.05) is 0 Å². The lowest BCUT2D eigenvalue weighted by Gasteiger charge is -2.17. The van der Waals surface area contributed by atoms with Crippen LogP contribution in [0.15, 0.2) is 30.3 Å². The normalized spacial score (nSPS) is 12.6. The third kappa shape index (κ3) is 2.00. The lowest BCUT2D eigenvalue weighted by atomic mass is 9.83. The number of rotatable bonds is 2. The van der Waals surface area contributed by atoms with E-state index in [4.69, 9.17) is 11.6 Å². The standard InChI is InChI=1S/C14H5ClN2O6/c15-11-9(16(20)21)5-8-10(12(11)17(22)23)14(19)7-4-2-1-3-6(7)13(8)18/h1-5H. The highest BCUT2D eigenvalue weighted by molar-refractivity contribution is 6.38. The molecular formula is C14H5ClN2O6. The molecular weight excluding hydrogens is 328 g/mol. The lowest BCUT2D eigenvalue weighted by molar-refractivity contribution is -0.394. The summed E-state index contributed by atoms with van der Waals surface area (Å²) in [5, 5.41) is 21.5. The van der Waals surface area contributed by atoms with Crippen LogP contribution in [-0.4, -0.2) is 21.4 Å². The van der Waals surface area contributed by atoms with E-state index in [-0.39, 0.29) is 11.1 Å². The Morgan fingerprint density at radius 1 is 0.870 bits per heavy atom. The molecule has 1 aliphatic rings. The molecule has 0 spiro atoms. The Balaban J connectivity index is 2.45. The molecule has 1 aliphatic carbocycles. The van der Waals surface area contributed by atoms with Gasteiger partial charge in [0.1, 0.15) is 5.56 Å². The third-order valence-electron chi connectivity index (χ3n) is 3.49. The number of benzene rings is 2. The first-order chi connectivity index (χ1) is 10.8. The monoisotopic (exact) mass is 332 g/mol. The predicted octanol–water partition coefficient (Wildman–Crippen LogP) is 2.93. The van der Waals surface area contributed by atoms with Crippen molar-refractivity contribution in [3.05, 3.63) is 77.8 Å². The predicted molar refractivity (Wildman–Crippen MR) is 78.1 cm³/mol. The zero-order chi connectivity index (χ0) is 16.9. The molecule has 0 bridgehead atoms. The highest BCUT2D eigenvalue weighted by Gasteiger charge is 2.40. The maximum atomic E-state index is 12.5. The second-order valence-electron chi connectivity index (χ2n) is 4.70. The second-order valence-corrected chi connectivity index (χ2v) is 5.08. The highest BCUT2D eigenvalue weighted by atomic mass is 35.5. The van der Waals surface area contributed by atoms with Crippen molar-refractivity contribution in [3.8, 4) is 0 Å². The van der Waals surface area contributed by atoms with Crippen molar-refractivity contribution in [2.24, 2.45) is 0 Å². The van der Waals surface area contributed by atoms with E-state index in [0.29, 0.717) is 0 Å². The number of halogens is 1. The summed E-state index contributed by atoms with van der Waals surface area (Å²) in [7, 11) is 0. The first kappa shape index (κ1) is 14.8. The number of hydrogen-bond acceptors (Lipinski definition) is 6. The van der Waals surface area contributed by atoms with Crippen molar-refractivity contribution in [1.82, 2.24) is 0 Å². The van der Waals surface area contributed by atoms with Crippen molar-refractivity contribution in [3.63, 3.8) is 0 Å². The average Bonchev–Trinajstić information content (AvgIpc) is 2.51. The summed E-state index contributed by atoms with van der Waals surface area (Å²) >= 11 is 5.73. The van der Waals surface area contributed by atoms with E-state index in [1.54, 1.807) is 0 Å². The van der Waals surface area contributed by atoms with Crippen LogP contribution in [0.25, 0.3) is 0 Å². The largest absolute Gasteiger partial charge is 0.306 e.